The Morgan fingerprint density at radius 3 is 2.29 bits per heavy atom. The molecule has 0 atom stereocenters. The van der Waals surface area contributed by atoms with E-state index in [1.165, 1.54) is 19.3 Å². The van der Waals surface area contributed by atoms with Gasteiger partial charge in [-0.1, -0.05) is 6.92 Å². The van der Waals surface area contributed by atoms with Gasteiger partial charge in [-0.25, -0.2) is 4.79 Å². The number of urea groups is 1. The summed E-state index contributed by atoms with van der Waals surface area (Å²) in [7, 11) is 0. The van der Waals surface area contributed by atoms with Crippen molar-refractivity contribution in [2.24, 2.45) is 23.7 Å². The van der Waals surface area contributed by atoms with Gasteiger partial charge in [0, 0.05) is 56.2 Å². The second-order valence-electron chi connectivity index (χ2n) is 12.9. The van der Waals surface area contributed by atoms with Gasteiger partial charge in [0.05, 0.1) is 18.8 Å². The number of amides is 3. The van der Waals surface area contributed by atoms with Gasteiger partial charge in [0.25, 0.3) is 5.91 Å². The average molecular weight is 524 g/mol. The molecule has 0 spiro atoms. The zero-order valence-corrected chi connectivity index (χ0v) is 23.0. The van der Waals surface area contributed by atoms with Crippen molar-refractivity contribution in [3.05, 3.63) is 23.8 Å². The van der Waals surface area contributed by atoms with Crippen molar-refractivity contribution in [2.45, 2.75) is 63.8 Å². The van der Waals surface area contributed by atoms with Gasteiger partial charge in [0.2, 0.25) is 0 Å². The number of piperidine rings is 1. The topological polar surface area (TPSA) is 85.9 Å². The molecule has 38 heavy (non-hydrogen) atoms. The van der Waals surface area contributed by atoms with E-state index >= 15 is 0 Å². The Morgan fingerprint density at radius 2 is 1.63 bits per heavy atom. The molecule has 4 saturated carbocycles. The highest BCUT2D eigenvalue weighted by atomic mass is 16.5. The van der Waals surface area contributed by atoms with E-state index in [-0.39, 0.29) is 17.5 Å². The summed E-state index contributed by atoms with van der Waals surface area (Å²) in [6, 6.07) is 5.71. The molecule has 1 aromatic rings. The first-order chi connectivity index (χ1) is 18.4. The molecule has 208 valence electrons. The fourth-order valence-corrected chi connectivity index (χ4v) is 8.24. The van der Waals surface area contributed by atoms with E-state index in [0.717, 1.165) is 101 Å². The van der Waals surface area contributed by atoms with Gasteiger partial charge in [-0.3, -0.25) is 9.69 Å². The maximum atomic E-state index is 13.4. The molecule has 0 unspecified atom stereocenters. The minimum Gasteiger partial charge on any atom is -0.379 e. The monoisotopic (exact) mass is 523 g/mol. The number of carbonyl (C=O) groups is 2. The Labute approximate surface area is 227 Å². The van der Waals surface area contributed by atoms with Crippen LogP contribution in [0, 0.1) is 23.7 Å². The Bertz CT molecular complexity index is 980. The normalized spacial score (nSPS) is 31.3. The second kappa shape index (κ2) is 11.0. The van der Waals surface area contributed by atoms with Gasteiger partial charge >= 0.3 is 6.03 Å². The Morgan fingerprint density at radius 1 is 0.974 bits per heavy atom. The SMILES string of the molecule is CC1CCN(c2ccc(NC(=O)NC34CC5CC(CC(C5)C3)C4)cc2C(=O)NCCN2CCOCC2)CC1. The van der Waals surface area contributed by atoms with Crippen LogP contribution in [0.5, 0.6) is 0 Å². The van der Waals surface area contributed by atoms with E-state index in [4.69, 9.17) is 4.74 Å². The molecule has 6 fully saturated rings. The van der Waals surface area contributed by atoms with Crippen LogP contribution in [0.3, 0.4) is 0 Å². The van der Waals surface area contributed by atoms with Crippen LogP contribution in [0.2, 0.25) is 0 Å². The quantitative estimate of drug-likeness (QED) is 0.502. The van der Waals surface area contributed by atoms with E-state index in [9.17, 15) is 9.59 Å². The number of ether oxygens (including phenoxy) is 1. The van der Waals surface area contributed by atoms with Crippen molar-refractivity contribution < 1.29 is 14.3 Å². The fraction of sp³-hybridized carbons (Fsp3) is 0.733. The van der Waals surface area contributed by atoms with Gasteiger partial charge in [0.1, 0.15) is 0 Å². The predicted molar refractivity (Wildman–Crippen MR) is 150 cm³/mol. The third-order valence-corrected chi connectivity index (χ3v) is 9.86. The highest BCUT2D eigenvalue weighted by Gasteiger charge is 2.51. The van der Waals surface area contributed by atoms with E-state index in [1.807, 2.05) is 18.2 Å². The fourth-order valence-electron chi connectivity index (χ4n) is 8.24. The lowest BCUT2D eigenvalue weighted by Crippen LogP contribution is -2.60. The van der Waals surface area contributed by atoms with Crippen LogP contribution < -0.4 is 20.9 Å². The summed E-state index contributed by atoms with van der Waals surface area (Å²) in [5.74, 6) is 2.98. The summed E-state index contributed by atoms with van der Waals surface area (Å²) in [5, 5.41) is 9.63. The van der Waals surface area contributed by atoms with Crippen LogP contribution in [-0.4, -0.2) is 74.9 Å². The highest BCUT2D eigenvalue weighted by Crippen LogP contribution is 2.55. The van der Waals surface area contributed by atoms with E-state index < -0.39 is 0 Å². The first-order valence-corrected chi connectivity index (χ1v) is 15.0. The molecule has 0 radical (unpaired) electrons. The molecule has 0 aromatic heterocycles. The van der Waals surface area contributed by atoms with Gasteiger partial charge in [0.15, 0.2) is 0 Å². The molecule has 8 heteroatoms. The van der Waals surface area contributed by atoms with Crippen molar-refractivity contribution in [1.29, 1.82) is 0 Å². The summed E-state index contributed by atoms with van der Waals surface area (Å²) < 4.78 is 5.43. The molecule has 4 aliphatic carbocycles. The van der Waals surface area contributed by atoms with Crippen LogP contribution in [0.15, 0.2) is 18.2 Å². The van der Waals surface area contributed by atoms with Crippen molar-refractivity contribution in [2.75, 3.05) is 62.7 Å². The third-order valence-electron chi connectivity index (χ3n) is 9.86. The minimum atomic E-state index is -0.134. The van der Waals surface area contributed by atoms with Gasteiger partial charge in [-0.05, 0) is 93.2 Å². The second-order valence-corrected chi connectivity index (χ2v) is 12.9. The van der Waals surface area contributed by atoms with Crippen LogP contribution >= 0.6 is 0 Å². The zero-order chi connectivity index (χ0) is 26.1. The van der Waals surface area contributed by atoms with Crippen LogP contribution in [0.25, 0.3) is 0 Å². The van der Waals surface area contributed by atoms with Gasteiger partial charge in [-0.2, -0.15) is 0 Å². The minimum absolute atomic E-state index is 0.0387. The first-order valence-electron chi connectivity index (χ1n) is 15.0. The molecule has 2 saturated heterocycles. The number of nitrogens with one attached hydrogen (secondary N) is 3. The van der Waals surface area contributed by atoms with Crippen LogP contribution in [0.1, 0.15) is 68.6 Å². The molecule has 8 nitrogen and oxygen atoms in total. The largest absolute Gasteiger partial charge is 0.379 e. The smallest absolute Gasteiger partial charge is 0.319 e. The molecule has 4 bridgehead atoms. The Kier molecular flexibility index (Phi) is 7.54. The third kappa shape index (κ3) is 5.81. The van der Waals surface area contributed by atoms with Crippen LogP contribution in [-0.2, 0) is 4.74 Å². The number of benzene rings is 1. The summed E-state index contributed by atoms with van der Waals surface area (Å²) in [4.78, 5) is 31.3. The standard InChI is InChI=1S/C30H45N5O3/c1-21-4-7-35(8-5-21)27-3-2-25(17-26(27)28(36)31-6-9-34-10-12-38-13-11-34)32-29(37)33-30-18-22-14-23(19-30)16-24(15-22)20-30/h2-3,17,21-24H,4-16,18-20H2,1H3,(H,31,36)(H2,32,33,37). The van der Waals surface area contributed by atoms with Crippen molar-refractivity contribution >= 4 is 23.3 Å². The molecule has 7 rings (SSSR count). The van der Waals surface area contributed by atoms with E-state index in [0.29, 0.717) is 23.7 Å². The summed E-state index contributed by atoms with van der Waals surface area (Å²) in [5.41, 5.74) is 2.25. The van der Waals surface area contributed by atoms with Crippen molar-refractivity contribution in [3.8, 4) is 0 Å². The molecule has 6 aliphatic rings. The average Bonchev–Trinajstić information content (AvgIpc) is 2.88. The number of rotatable bonds is 7. The molecular formula is C30H45N5O3. The summed E-state index contributed by atoms with van der Waals surface area (Å²) in [6.07, 6.45) is 9.67. The van der Waals surface area contributed by atoms with Crippen LogP contribution in [0.4, 0.5) is 16.2 Å². The highest BCUT2D eigenvalue weighted by molar-refractivity contribution is 6.02. The number of anilines is 2. The van der Waals surface area contributed by atoms with Gasteiger partial charge in [-0.15, -0.1) is 0 Å². The maximum absolute atomic E-state index is 13.4. The molecule has 3 N–H and O–H groups in total. The van der Waals surface area contributed by atoms with Crippen molar-refractivity contribution in [1.82, 2.24) is 15.5 Å². The molecular weight excluding hydrogens is 478 g/mol. The number of morpholine rings is 1. The number of hydrogen-bond donors (Lipinski definition) is 3. The number of hydrogen-bond acceptors (Lipinski definition) is 5. The molecule has 2 aliphatic heterocycles. The van der Waals surface area contributed by atoms with E-state index in [1.54, 1.807) is 0 Å². The maximum Gasteiger partial charge on any atom is 0.319 e. The lowest BCUT2D eigenvalue weighted by molar-refractivity contribution is -0.0127. The Balaban J connectivity index is 1.13. The predicted octanol–water partition coefficient (Wildman–Crippen LogP) is 4.08. The van der Waals surface area contributed by atoms with E-state index in [2.05, 4.69) is 32.7 Å². The lowest BCUT2D eigenvalue weighted by atomic mass is 9.53. The molecule has 3 amide bonds. The summed E-state index contributed by atoms with van der Waals surface area (Å²) >= 11 is 0. The number of carbonyl (C=O) groups excluding carboxylic acids is 2. The molecule has 1 aromatic carbocycles. The Hall–Kier alpha value is -2.32. The zero-order valence-electron chi connectivity index (χ0n) is 23.0. The number of nitrogens with zero attached hydrogens (tertiary/aromatic N) is 2. The van der Waals surface area contributed by atoms with Gasteiger partial charge < -0.3 is 25.6 Å². The molecule has 2 heterocycles. The summed E-state index contributed by atoms with van der Waals surface area (Å²) in [6.45, 7) is 8.94. The van der Waals surface area contributed by atoms with Crippen molar-refractivity contribution in [3.63, 3.8) is 0 Å². The lowest BCUT2D eigenvalue weighted by Gasteiger charge is -2.56. The first kappa shape index (κ1) is 25.9.